The van der Waals surface area contributed by atoms with Crippen LogP contribution in [0.25, 0.3) is 0 Å². The Morgan fingerprint density at radius 1 is 1.26 bits per heavy atom. The number of ether oxygens (including phenoxy) is 2. The summed E-state index contributed by atoms with van der Waals surface area (Å²) in [4.78, 5) is 9.06. The summed E-state index contributed by atoms with van der Waals surface area (Å²) in [5.74, 6) is 3.20. The highest BCUT2D eigenvalue weighted by Gasteiger charge is 2.27. The first-order valence-electron chi connectivity index (χ1n) is 6.85. The normalized spacial score (nSPS) is 23.1. The largest absolute Gasteiger partial charge is 0.376 e. The number of anilines is 2. The van der Waals surface area contributed by atoms with Gasteiger partial charge in [0.25, 0.3) is 0 Å². The lowest BCUT2D eigenvalue weighted by Gasteiger charge is -2.23. The Labute approximate surface area is 112 Å². The van der Waals surface area contributed by atoms with Crippen LogP contribution in [0.2, 0.25) is 0 Å². The Bertz CT molecular complexity index is 431. The molecule has 0 bridgehead atoms. The molecule has 3 rings (SSSR count). The van der Waals surface area contributed by atoms with Gasteiger partial charge >= 0.3 is 0 Å². The van der Waals surface area contributed by atoms with Gasteiger partial charge in [-0.1, -0.05) is 0 Å². The van der Waals surface area contributed by atoms with Crippen molar-refractivity contribution >= 4 is 11.6 Å². The van der Waals surface area contributed by atoms with Crippen LogP contribution < -0.4 is 10.6 Å². The van der Waals surface area contributed by atoms with E-state index in [0.29, 0.717) is 32.3 Å². The van der Waals surface area contributed by atoms with Crippen LogP contribution >= 0.6 is 0 Å². The van der Waals surface area contributed by atoms with Crippen LogP contribution in [0.5, 0.6) is 0 Å². The lowest BCUT2D eigenvalue weighted by atomic mass is 10.3. The Hall–Kier alpha value is -1.40. The van der Waals surface area contributed by atoms with Crippen molar-refractivity contribution < 1.29 is 9.47 Å². The smallest absolute Gasteiger partial charge is 0.136 e. The highest BCUT2D eigenvalue weighted by molar-refractivity contribution is 5.47. The van der Waals surface area contributed by atoms with Crippen molar-refractivity contribution in [3.8, 4) is 0 Å². The maximum absolute atomic E-state index is 5.60. The molecule has 1 saturated carbocycles. The number of nitrogens with zero attached hydrogens (tertiary/aromatic N) is 2. The Kier molecular flexibility index (Phi) is 3.79. The Morgan fingerprint density at radius 2 is 2.11 bits per heavy atom. The molecule has 0 spiro atoms. The summed E-state index contributed by atoms with van der Waals surface area (Å²) in [5, 5.41) is 6.40. The first kappa shape index (κ1) is 12.6. The molecule has 1 aromatic rings. The van der Waals surface area contributed by atoms with Gasteiger partial charge in [0.15, 0.2) is 0 Å². The summed E-state index contributed by atoms with van der Waals surface area (Å²) in [6, 6.07) is 1.93. The molecule has 2 N–H and O–H groups in total. The number of rotatable bonds is 5. The summed E-state index contributed by atoms with van der Waals surface area (Å²) in [7, 11) is 1.88. The van der Waals surface area contributed by atoms with E-state index in [2.05, 4.69) is 20.6 Å². The van der Waals surface area contributed by atoms with Crippen molar-refractivity contribution in [3.05, 3.63) is 11.9 Å². The molecule has 0 aromatic carbocycles. The van der Waals surface area contributed by atoms with E-state index < -0.39 is 0 Å². The molecule has 2 fully saturated rings. The second kappa shape index (κ2) is 5.71. The molecule has 0 radical (unpaired) electrons. The number of nitrogens with one attached hydrogen (secondary N) is 2. The molecule has 1 aliphatic carbocycles. The SMILES string of the molecule is CNc1cc(NCC2COCCO2)nc(C2CC2)n1. The minimum Gasteiger partial charge on any atom is -0.376 e. The lowest BCUT2D eigenvalue weighted by Crippen LogP contribution is -2.34. The average molecular weight is 264 g/mol. The summed E-state index contributed by atoms with van der Waals surface area (Å²) >= 11 is 0. The average Bonchev–Trinajstić information content (AvgIpc) is 3.30. The van der Waals surface area contributed by atoms with E-state index in [1.807, 2.05) is 13.1 Å². The van der Waals surface area contributed by atoms with Crippen molar-refractivity contribution in [2.45, 2.75) is 24.9 Å². The van der Waals surface area contributed by atoms with Gasteiger partial charge in [0, 0.05) is 25.6 Å². The van der Waals surface area contributed by atoms with E-state index in [0.717, 1.165) is 17.5 Å². The van der Waals surface area contributed by atoms with Gasteiger partial charge in [-0.05, 0) is 12.8 Å². The number of hydrogen-bond donors (Lipinski definition) is 2. The fraction of sp³-hybridized carbons (Fsp3) is 0.692. The Morgan fingerprint density at radius 3 is 2.79 bits per heavy atom. The molecule has 1 unspecified atom stereocenters. The van der Waals surface area contributed by atoms with Crippen LogP contribution in [-0.4, -0.2) is 49.5 Å². The minimum absolute atomic E-state index is 0.103. The zero-order valence-corrected chi connectivity index (χ0v) is 11.2. The third-order valence-electron chi connectivity index (χ3n) is 3.34. The van der Waals surface area contributed by atoms with Crippen LogP contribution in [0.1, 0.15) is 24.6 Å². The first-order valence-corrected chi connectivity index (χ1v) is 6.85. The molecular weight excluding hydrogens is 244 g/mol. The quantitative estimate of drug-likeness (QED) is 0.833. The summed E-state index contributed by atoms with van der Waals surface area (Å²) < 4.78 is 11.0. The maximum atomic E-state index is 5.60. The van der Waals surface area contributed by atoms with Crippen LogP contribution in [0.4, 0.5) is 11.6 Å². The van der Waals surface area contributed by atoms with Crippen molar-refractivity contribution in [2.75, 3.05) is 44.0 Å². The molecule has 0 amide bonds. The molecule has 19 heavy (non-hydrogen) atoms. The van der Waals surface area contributed by atoms with Gasteiger partial charge in [0.2, 0.25) is 0 Å². The molecule has 6 nitrogen and oxygen atoms in total. The molecule has 1 saturated heterocycles. The van der Waals surface area contributed by atoms with Gasteiger partial charge < -0.3 is 20.1 Å². The van der Waals surface area contributed by atoms with Crippen molar-refractivity contribution in [1.29, 1.82) is 0 Å². The third kappa shape index (κ3) is 3.33. The molecule has 1 aliphatic heterocycles. The van der Waals surface area contributed by atoms with Gasteiger partial charge in [-0.2, -0.15) is 0 Å². The first-order chi connectivity index (χ1) is 9.35. The molecular formula is C13H20N4O2. The van der Waals surface area contributed by atoms with E-state index in [9.17, 15) is 0 Å². The van der Waals surface area contributed by atoms with Crippen LogP contribution in [0.3, 0.4) is 0 Å². The van der Waals surface area contributed by atoms with Crippen molar-refractivity contribution in [2.24, 2.45) is 0 Å². The molecule has 6 heteroatoms. The predicted octanol–water partition coefficient (Wildman–Crippen LogP) is 1.22. The van der Waals surface area contributed by atoms with Crippen molar-refractivity contribution in [3.63, 3.8) is 0 Å². The van der Waals surface area contributed by atoms with Gasteiger partial charge in [-0.25, -0.2) is 9.97 Å². The lowest BCUT2D eigenvalue weighted by molar-refractivity contribution is -0.0819. The van der Waals surface area contributed by atoms with Gasteiger partial charge in [-0.3, -0.25) is 0 Å². The van der Waals surface area contributed by atoms with E-state index in [4.69, 9.17) is 9.47 Å². The summed E-state index contributed by atoms with van der Waals surface area (Å²) in [6.45, 7) is 2.72. The highest BCUT2D eigenvalue weighted by Crippen LogP contribution is 2.38. The van der Waals surface area contributed by atoms with Gasteiger partial charge in [0.05, 0.1) is 25.9 Å². The predicted molar refractivity (Wildman–Crippen MR) is 72.6 cm³/mol. The second-order valence-electron chi connectivity index (χ2n) is 4.97. The van der Waals surface area contributed by atoms with Crippen LogP contribution in [0.15, 0.2) is 6.07 Å². The highest BCUT2D eigenvalue weighted by atomic mass is 16.6. The fourth-order valence-electron chi connectivity index (χ4n) is 2.08. The minimum atomic E-state index is 0.103. The maximum Gasteiger partial charge on any atom is 0.136 e. The van der Waals surface area contributed by atoms with Crippen LogP contribution in [-0.2, 0) is 9.47 Å². The zero-order valence-electron chi connectivity index (χ0n) is 11.2. The van der Waals surface area contributed by atoms with Crippen LogP contribution in [0, 0.1) is 0 Å². The molecule has 104 valence electrons. The molecule has 1 atom stereocenters. The number of aromatic nitrogens is 2. The summed E-state index contributed by atoms with van der Waals surface area (Å²) in [5.41, 5.74) is 0. The van der Waals surface area contributed by atoms with Gasteiger partial charge in [-0.15, -0.1) is 0 Å². The van der Waals surface area contributed by atoms with E-state index in [1.54, 1.807) is 0 Å². The standard InChI is InChI=1S/C13H20N4O2/c1-14-11-6-12(17-13(16-11)9-2-3-9)15-7-10-8-18-4-5-19-10/h6,9-10H,2-5,7-8H2,1H3,(H2,14,15,16,17). The fourth-order valence-corrected chi connectivity index (χ4v) is 2.08. The molecule has 1 aromatic heterocycles. The third-order valence-corrected chi connectivity index (χ3v) is 3.34. The number of hydrogen-bond acceptors (Lipinski definition) is 6. The molecule has 2 aliphatic rings. The van der Waals surface area contributed by atoms with E-state index in [1.165, 1.54) is 12.8 Å². The van der Waals surface area contributed by atoms with Gasteiger partial charge in [0.1, 0.15) is 17.5 Å². The summed E-state index contributed by atoms with van der Waals surface area (Å²) in [6.07, 6.45) is 2.50. The Balaban J connectivity index is 1.63. The zero-order chi connectivity index (χ0) is 13.1. The van der Waals surface area contributed by atoms with E-state index >= 15 is 0 Å². The second-order valence-corrected chi connectivity index (χ2v) is 4.97. The van der Waals surface area contributed by atoms with E-state index in [-0.39, 0.29) is 6.10 Å². The monoisotopic (exact) mass is 264 g/mol. The molecule has 2 heterocycles. The van der Waals surface area contributed by atoms with Crippen molar-refractivity contribution in [1.82, 2.24) is 9.97 Å². The topological polar surface area (TPSA) is 68.3 Å².